The Kier molecular flexibility index (Phi) is 6.04. The number of rotatable bonds is 7. The van der Waals surface area contributed by atoms with Gasteiger partial charge < -0.3 is 14.1 Å². The number of carbonyl (C=O) groups excluding carboxylic acids is 1. The quantitative estimate of drug-likeness (QED) is 0.566. The molecule has 114 valence electrons. The van der Waals surface area contributed by atoms with Crippen LogP contribution in [-0.2, 0) is 13.8 Å². The van der Waals surface area contributed by atoms with Gasteiger partial charge in [-0.1, -0.05) is 0 Å². The van der Waals surface area contributed by atoms with Gasteiger partial charge in [0.05, 0.1) is 6.61 Å². The topological polar surface area (TPSA) is 76.8 Å². The molecule has 0 saturated heterocycles. The van der Waals surface area contributed by atoms with Crippen molar-refractivity contribution in [3.05, 3.63) is 17.6 Å². The van der Waals surface area contributed by atoms with Crippen LogP contribution in [0.15, 0.2) is 15.4 Å². The van der Waals surface area contributed by atoms with Crippen LogP contribution in [0.2, 0.25) is 0 Å². The van der Waals surface area contributed by atoms with Crippen LogP contribution in [0.25, 0.3) is 0 Å². The zero-order valence-electron chi connectivity index (χ0n) is 11.7. The Morgan fingerprint density at radius 3 is 2.55 bits per heavy atom. The fourth-order valence-corrected chi connectivity index (χ4v) is 2.78. The number of hydrogen-bond donors (Lipinski definition) is 0. The lowest BCUT2D eigenvalue weighted by Crippen LogP contribution is -2.33. The summed E-state index contributed by atoms with van der Waals surface area (Å²) in [5, 5.41) is 0. The largest absolute Gasteiger partial charge is 0.455 e. The SMILES string of the molecule is CCOCCN(CC)C(=O)c1cc(S(=O)(=O)Cl)c(C)o1. The van der Waals surface area contributed by atoms with E-state index in [0.29, 0.717) is 26.3 Å². The second-order valence-corrected chi connectivity index (χ2v) is 6.59. The fraction of sp³-hybridized carbons (Fsp3) is 0.583. The normalized spacial score (nSPS) is 11.6. The Bertz CT molecular complexity index is 566. The van der Waals surface area contributed by atoms with Crippen LogP contribution in [0.1, 0.15) is 30.2 Å². The van der Waals surface area contributed by atoms with Crippen molar-refractivity contribution < 1.29 is 22.4 Å². The van der Waals surface area contributed by atoms with Crippen LogP contribution in [-0.4, -0.2) is 45.5 Å². The fourth-order valence-electron chi connectivity index (χ4n) is 1.69. The summed E-state index contributed by atoms with van der Waals surface area (Å²) in [5.41, 5.74) is 0. The van der Waals surface area contributed by atoms with Gasteiger partial charge in [0.25, 0.3) is 15.0 Å². The van der Waals surface area contributed by atoms with E-state index in [1.807, 2.05) is 13.8 Å². The molecule has 0 aliphatic heterocycles. The summed E-state index contributed by atoms with van der Waals surface area (Å²) in [7, 11) is 1.35. The van der Waals surface area contributed by atoms with E-state index in [1.54, 1.807) is 0 Å². The Morgan fingerprint density at radius 1 is 1.45 bits per heavy atom. The Balaban J connectivity index is 2.91. The van der Waals surface area contributed by atoms with Crippen molar-refractivity contribution in [2.45, 2.75) is 25.7 Å². The first-order valence-electron chi connectivity index (χ1n) is 6.23. The van der Waals surface area contributed by atoms with Crippen molar-refractivity contribution in [1.82, 2.24) is 4.90 Å². The average molecular weight is 324 g/mol. The van der Waals surface area contributed by atoms with Gasteiger partial charge >= 0.3 is 0 Å². The molecule has 1 amide bonds. The molecule has 0 atom stereocenters. The lowest BCUT2D eigenvalue weighted by molar-refractivity contribution is 0.0639. The number of likely N-dealkylation sites (N-methyl/N-ethyl adjacent to an activating group) is 1. The van der Waals surface area contributed by atoms with Crippen LogP contribution in [0.5, 0.6) is 0 Å². The summed E-state index contributed by atoms with van der Waals surface area (Å²) in [4.78, 5) is 13.5. The number of aryl methyl sites for hydroxylation is 1. The third-order valence-corrected chi connectivity index (χ3v) is 4.15. The number of furan rings is 1. The highest BCUT2D eigenvalue weighted by molar-refractivity contribution is 8.13. The van der Waals surface area contributed by atoms with Gasteiger partial charge in [0, 0.05) is 36.4 Å². The highest BCUT2D eigenvalue weighted by Gasteiger charge is 2.24. The van der Waals surface area contributed by atoms with Crippen LogP contribution >= 0.6 is 10.7 Å². The Labute approximate surface area is 123 Å². The Morgan fingerprint density at radius 2 is 2.10 bits per heavy atom. The number of hydrogen-bond acceptors (Lipinski definition) is 5. The van der Waals surface area contributed by atoms with Gasteiger partial charge in [-0.05, 0) is 20.8 Å². The summed E-state index contributed by atoms with van der Waals surface area (Å²) in [6.45, 7) is 6.99. The summed E-state index contributed by atoms with van der Waals surface area (Å²) in [6.07, 6.45) is 0. The third kappa shape index (κ3) is 4.22. The molecule has 0 unspecified atom stereocenters. The molecule has 1 aromatic heterocycles. The summed E-state index contributed by atoms with van der Waals surface area (Å²) < 4.78 is 33.0. The highest BCUT2D eigenvalue weighted by Crippen LogP contribution is 2.24. The zero-order valence-corrected chi connectivity index (χ0v) is 13.3. The molecular formula is C12H18ClNO5S. The molecule has 0 fully saturated rings. The predicted molar refractivity (Wildman–Crippen MR) is 74.6 cm³/mol. The molecule has 0 aromatic carbocycles. The zero-order chi connectivity index (χ0) is 15.3. The summed E-state index contributed by atoms with van der Waals surface area (Å²) >= 11 is 0. The smallest absolute Gasteiger partial charge is 0.289 e. The number of carbonyl (C=O) groups is 1. The van der Waals surface area contributed by atoms with Crippen molar-refractivity contribution in [3.8, 4) is 0 Å². The molecule has 1 aromatic rings. The van der Waals surface area contributed by atoms with E-state index in [0.717, 1.165) is 6.07 Å². The van der Waals surface area contributed by atoms with E-state index in [9.17, 15) is 13.2 Å². The number of ether oxygens (including phenoxy) is 1. The molecule has 1 heterocycles. The molecule has 0 aliphatic rings. The maximum absolute atomic E-state index is 12.2. The van der Waals surface area contributed by atoms with Crippen molar-refractivity contribution in [1.29, 1.82) is 0 Å². The molecule has 0 bridgehead atoms. The van der Waals surface area contributed by atoms with E-state index >= 15 is 0 Å². The maximum atomic E-state index is 12.2. The van der Waals surface area contributed by atoms with Crippen molar-refractivity contribution in [2.24, 2.45) is 0 Å². The van der Waals surface area contributed by atoms with E-state index in [2.05, 4.69) is 0 Å². The standard InChI is InChI=1S/C12H18ClNO5S/c1-4-14(6-7-18-5-2)12(15)10-8-11(9(3)19-10)20(13,16)17/h8H,4-7H2,1-3H3. The predicted octanol–water partition coefficient (Wildman–Crippen LogP) is 2.01. The first kappa shape index (κ1) is 17.0. The second-order valence-electron chi connectivity index (χ2n) is 4.05. The average Bonchev–Trinajstić information content (AvgIpc) is 2.76. The number of halogens is 1. The minimum atomic E-state index is -3.92. The number of nitrogens with zero attached hydrogens (tertiary/aromatic N) is 1. The van der Waals surface area contributed by atoms with Gasteiger partial charge in [-0.2, -0.15) is 0 Å². The molecule has 20 heavy (non-hydrogen) atoms. The molecule has 0 N–H and O–H groups in total. The van der Waals surface area contributed by atoms with Gasteiger partial charge in [-0.15, -0.1) is 0 Å². The van der Waals surface area contributed by atoms with Gasteiger partial charge in [0.15, 0.2) is 5.76 Å². The van der Waals surface area contributed by atoms with Crippen LogP contribution in [0.3, 0.4) is 0 Å². The van der Waals surface area contributed by atoms with Gasteiger partial charge in [-0.3, -0.25) is 4.79 Å². The van der Waals surface area contributed by atoms with E-state index in [1.165, 1.54) is 11.8 Å². The monoisotopic (exact) mass is 323 g/mol. The minimum absolute atomic E-state index is 0.0416. The van der Waals surface area contributed by atoms with Crippen molar-refractivity contribution in [3.63, 3.8) is 0 Å². The summed E-state index contributed by atoms with van der Waals surface area (Å²) in [5.74, 6) is -0.328. The molecule has 0 radical (unpaired) electrons. The molecular weight excluding hydrogens is 306 g/mol. The first-order chi connectivity index (χ1) is 9.31. The van der Waals surface area contributed by atoms with Crippen LogP contribution in [0, 0.1) is 6.92 Å². The Hall–Kier alpha value is -1.05. The van der Waals surface area contributed by atoms with E-state index < -0.39 is 9.05 Å². The molecule has 1 rings (SSSR count). The first-order valence-corrected chi connectivity index (χ1v) is 8.54. The lowest BCUT2D eigenvalue weighted by atomic mass is 10.3. The lowest BCUT2D eigenvalue weighted by Gasteiger charge is -2.19. The molecule has 8 heteroatoms. The van der Waals surface area contributed by atoms with Gasteiger partial charge in [0.2, 0.25) is 0 Å². The van der Waals surface area contributed by atoms with Crippen LogP contribution < -0.4 is 0 Å². The summed E-state index contributed by atoms with van der Waals surface area (Å²) in [6, 6.07) is 1.16. The van der Waals surface area contributed by atoms with Crippen molar-refractivity contribution >= 4 is 25.6 Å². The van der Waals surface area contributed by atoms with Gasteiger partial charge in [0.1, 0.15) is 10.7 Å². The van der Waals surface area contributed by atoms with E-state index in [4.69, 9.17) is 19.8 Å². The third-order valence-electron chi connectivity index (χ3n) is 2.72. The molecule has 0 saturated carbocycles. The minimum Gasteiger partial charge on any atom is -0.455 e. The van der Waals surface area contributed by atoms with E-state index in [-0.39, 0.29) is 22.3 Å². The highest BCUT2D eigenvalue weighted by atomic mass is 35.7. The second kappa shape index (κ2) is 7.10. The molecule has 0 aliphatic carbocycles. The molecule has 6 nitrogen and oxygen atoms in total. The van der Waals surface area contributed by atoms with Gasteiger partial charge in [-0.25, -0.2) is 8.42 Å². The van der Waals surface area contributed by atoms with Crippen LogP contribution in [0.4, 0.5) is 0 Å². The maximum Gasteiger partial charge on any atom is 0.289 e. The molecule has 0 spiro atoms. The number of amides is 1. The van der Waals surface area contributed by atoms with Crippen molar-refractivity contribution in [2.75, 3.05) is 26.3 Å².